The van der Waals surface area contributed by atoms with Crippen LogP contribution in [0, 0.1) is 5.92 Å². The van der Waals surface area contributed by atoms with Crippen LogP contribution in [-0.2, 0) is 13.0 Å². The SMILES string of the molecule is CCCCC(CC)Cn1[nH]c(=O)c(CC)c1Cl. The zero-order valence-electron chi connectivity index (χ0n) is 11.1. The number of rotatable bonds is 7. The van der Waals surface area contributed by atoms with Gasteiger partial charge in [-0.15, -0.1) is 0 Å². The molecule has 0 aliphatic rings. The molecule has 0 aliphatic heterocycles. The monoisotopic (exact) mass is 258 g/mol. The van der Waals surface area contributed by atoms with Crippen LogP contribution in [0.15, 0.2) is 4.79 Å². The number of halogens is 1. The van der Waals surface area contributed by atoms with E-state index in [1.54, 1.807) is 0 Å². The summed E-state index contributed by atoms with van der Waals surface area (Å²) in [5, 5.41) is 3.42. The van der Waals surface area contributed by atoms with Crippen LogP contribution in [0.25, 0.3) is 0 Å². The molecule has 0 saturated heterocycles. The quantitative estimate of drug-likeness (QED) is 0.797. The standard InChI is InChI=1S/C13H23ClN2O/c1-4-7-8-10(5-2)9-16-12(14)11(6-3)13(17)15-16/h10H,4-9H2,1-3H3,(H,15,17). The van der Waals surface area contributed by atoms with E-state index in [0.717, 1.165) is 13.0 Å². The lowest BCUT2D eigenvalue weighted by Crippen LogP contribution is -2.14. The second kappa shape index (κ2) is 6.90. The van der Waals surface area contributed by atoms with E-state index in [0.29, 0.717) is 23.1 Å². The van der Waals surface area contributed by atoms with Crippen molar-refractivity contribution in [3.05, 3.63) is 21.1 Å². The molecule has 0 aromatic carbocycles. The Balaban J connectivity index is 2.76. The van der Waals surface area contributed by atoms with E-state index >= 15 is 0 Å². The van der Waals surface area contributed by atoms with Gasteiger partial charge >= 0.3 is 0 Å². The fourth-order valence-corrected chi connectivity index (χ4v) is 2.43. The molecule has 1 unspecified atom stereocenters. The number of hydrogen-bond acceptors (Lipinski definition) is 1. The molecule has 1 heterocycles. The van der Waals surface area contributed by atoms with Gasteiger partial charge < -0.3 is 0 Å². The van der Waals surface area contributed by atoms with Gasteiger partial charge in [-0.2, -0.15) is 0 Å². The van der Waals surface area contributed by atoms with E-state index in [1.807, 2.05) is 11.6 Å². The highest BCUT2D eigenvalue weighted by molar-refractivity contribution is 6.30. The fourth-order valence-electron chi connectivity index (χ4n) is 2.10. The first-order chi connectivity index (χ1) is 8.13. The highest BCUT2D eigenvalue weighted by Gasteiger charge is 2.14. The average molecular weight is 259 g/mol. The maximum absolute atomic E-state index is 11.6. The summed E-state index contributed by atoms with van der Waals surface area (Å²) in [5.74, 6) is 0.597. The molecule has 3 nitrogen and oxygen atoms in total. The van der Waals surface area contributed by atoms with Crippen molar-refractivity contribution in [2.45, 2.75) is 59.4 Å². The minimum atomic E-state index is -0.0390. The van der Waals surface area contributed by atoms with Crippen molar-refractivity contribution < 1.29 is 0 Å². The predicted molar refractivity (Wildman–Crippen MR) is 72.7 cm³/mol. The van der Waals surface area contributed by atoms with E-state index in [9.17, 15) is 4.79 Å². The van der Waals surface area contributed by atoms with E-state index in [-0.39, 0.29) is 5.56 Å². The smallest absolute Gasteiger partial charge is 0.268 e. The molecule has 17 heavy (non-hydrogen) atoms. The van der Waals surface area contributed by atoms with Crippen LogP contribution in [0.2, 0.25) is 5.15 Å². The Labute approximate surface area is 108 Å². The van der Waals surface area contributed by atoms with E-state index in [1.165, 1.54) is 19.3 Å². The Kier molecular flexibility index (Phi) is 5.83. The zero-order chi connectivity index (χ0) is 12.8. The highest BCUT2D eigenvalue weighted by atomic mass is 35.5. The third-order valence-electron chi connectivity index (χ3n) is 3.33. The number of hydrogen-bond donors (Lipinski definition) is 1. The van der Waals surface area contributed by atoms with Crippen molar-refractivity contribution in [1.82, 2.24) is 9.78 Å². The van der Waals surface area contributed by atoms with Crippen LogP contribution in [0.4, 0.5) is 0 Å². The molecule has 0 amide bonds. The number of H-pyrrole nitrogens is 1. The van der Waals surface area contributed by atoms with Crippen molar-refractivity contribution >= 4 is 11.6 Å². The molecular formula is C13H23ClN2O. The third kappa shape index (κ3) is 3.63. The zero-order valence-corrected chi connectivity index (χ0v) is 11.8. The summed E-state index contributed by atoms with van der Waals surface area (Å²) < 4.78 is 1.81. The number of unbranched alkanes of at least 4 members (excludes halogenated alkanes) is 1. The molecule has 0 radical (unpaired) electrons. The van der Waals surface area contributed by atoms with Gasteiger partial charge in [0.05, 0.1) is 5.56 Å². The molecule has 0 saturated carbocycles. The van der Waals surface area contributed by atoms with Crippen LogP contribution in [0.5, 0.6) is 0 Å². The second-order valence-electron chi connectivity index (χ2n) is 4.59. The lowest BCUT2D eigenvalue weighted by atomic mass is 9.99. The van der Waals surface area contributed by atoms with Crippen LogP contribution in [0.1, 0.15) is 52.0 Å². The third-order valence-corrected chi connectivity index (χ3v) is 3.77. The van der Waals surface area contributed by atoms with Gasteiger partial charge in [0.15, 0.2) is 0 Å². The van der Waals surface area contributed by atoms with Gasteiger partial charge in [-0.25, -0.2) is 0 Å². The fraction of sp³-hybridized carbons (Fsp3) is 0.769. The highest BCUT2D eigenvalue weighted by Crippen LogP contribution is 2.19. The van der Waals surface area contributed by atoms with Crippen molar-refractivity contribution in [2.24, 2.45) is 5.92 Å². The molecule has 1 aromatic heterocycles. The van der Waals surface area contributed by atoms with Crippen molar-refractivity contribution in [2.75, 3.05) is 0 Å². The Hall–Kier alpha value is -0.700. The maximum atomic E-state index is 11.6. The van der Waals surface area contributed by atoms with Crippen LogP contribution < -0.4 is 5.56 Å². The Morgan fingerprint density at radius 3 is 2.53 bits per heavy atom. The summed E-state index contributed by atoms with van der Waals surface area (Å²) in [5.41, 5.74) is 0.667. The first-order valence-corrected chi connectivity index (χ1v) is 6.98. The van der Waals surface area contributed by atoms with Crippen molar-refractivity contribution in [3.63, 3.8) is 0 Å². The molecule has 1 N–H and O–H groups in total. The van der Waals surface area contributed by atoms with E-state index in [2.05, 4.69) is 18.9 Å². The summed E-state index contributed by atoms with van der Waals surface area (Å²) in [6, 6.07) is 0. The molecule has 4 heteroatoms. The van der Waals surface area contributed by atoms with Crippen LogP contribution in [0.3, 0.4) is 0 Å². The van der Waals surface area contributed by atoms with Gasteiger partial charge in [0.25, 0.3) is 5.56 Å². The second-order valence-corrected chi connectivity index (χ2v) is 4.95. The summed E-state index contributed by atoms with van der Waals surface area (Å²) >= 11 is 6.20. The maximum Gasteiger partial charge on any atom is 0.268 e. The summed E-state index contributed by atoms with van der Waals surface area (Å²) in [6.07, 6.45) is 5.46. The lowest BCUT2D eigenvalue weighted by Gasteiger charge is -2.15. The topological polar surface area (TPSA) is 37.8 Å². The van der Waals surface area contributed by atoms with Gasteiger partial charge in [0, 0.05) is 6.54 Å². The molecule has 1 rings (SSSR count). The van der Waals surface area contributed by atoms with Gasteiger partial charge in [0.2, 0.25) is 0 Å². The van der Waals surface area contributed by atoms with Crippen molar-refractivity contribution in [1.29, 1.82) is 0 Å². The average Bonchev–Trinajstić information content (AvgIpc) is 2.59. The first kappa shape index (κ1) is 14.4. The Morgan fingerprint density at radius 1 is 1.35 bits per heavy atom. The normalized spacial score (nSPS) is 12.9. The number of aromatic nitrogens is 2. The molecule has 0 spiro atoms. The van der Waals surface area contributed by atoms with E-state index < -0.39 is 0 Å². The molecule has 98 valence electrons. The summed E-state index contributed by atoms with van der Waals surface area (Å²) in [4.78, 5) is 11.6. The van der Waals surface area contributed by atoms with Crippen molar-refractivity contribution in [3.8, 4) is 0 Å². The predicted octanol–water partition coefficient (Wildman–Crippen LogP) is 3.61. The van der Waals surface area contributed by atoms with Gasteiger partial charge in [0.1, 0.15) is 5.15 Å². The molecular weight excluding hydrogens is 236 g/mol. The number of nitrogens with zero attached hydrogens (tertiary/aromatic N) is 1. The van der Waals surface area contributed by atoms with Gasteiger partial charge in [-0.3, -0.25) is 14.6 Å². The lowest BCUT2D eigenvalue weighted by molar-refractivity contribution is 0.371. The number of nitrogens with one attached hydrogen (secondary N) is 1. The molecule has 1 aromatic rings. The number of aromatic amines is 1. The largest absolute Gasteiger partial charge is 0.273 e. The molecule has 0 aliphatic carbocycles. The Morgan fingerprint density at radius 2 is 2.06 bits per heavy atom. The Bertz CT molecular complexity index is 395. The molecule has 1 atom stereocenters. The molecule has 0 fully saturated rings. The van der Waals surface area contributed by atoms with Gasteiger partial charge in [-0.05, 0) is 18.8 Å². The minimum absolute atomic E-state index is 0.0390. The van der Waals surface area contributed by atoms with Crippen LogP contribution in [-0.4, -0.2) is 9.78 Å². The van der Waals surface area contributed by atoms with Crippen LogP contribution >= 0.6 is 11.6 Å². The summed E-state index contributed by atoms with van der Waals surface area (Å²) in [7, 11) is 0. The summed E-state index contributed by atoms with van der Waals surface area (Å²) in [6.45, 7) is 7.17. The van der Waals surface area contributed by atoms with E-state index in [4.69, 9.17) is 11.6 Å². The first-order valence-electron chi connectivity index (χ1n) is 6.61. The van der Waals surface area contributed by atoms with Gasteiger partial charge in [-0.1, -0.05) is 51.6 Å². The molecule has 0 bridgehead atoms. The minimum Gasteiger partial charge on any atom is -0.273 e.